The predicted octanol–water partition coefficient (Wildman–Crippen LogP) is 2.54. The number of fused-ring (bicyclic) bond motifs is 3. The lowest BCUT2D eigenvalue weighted by molar-refractivity contribution is 0.100. The first kappa shape index (κ1) is 17.5. The second-order valence-corrected chi connectivity index (χ2v) is 7.77. The molecule has 2 fully saturated rings. The van der Waals surface area contributed by atoms with Crippen LogP contribution in [-0.2, 0) is 0 Å². The van der Waals surface area contributed by atoms with E-state index >= 15 is 0 Å². The lowest BCUT2D eigenvalue weighted by Gasteiger charge is -2.40. The van der Waals surface area contributed by atoms with Crippen molar-refractivity contribution < 1.29 is 4.79 Å². The van der Waals surface area contributed by atoms with Crippen molar-refractivity contribution in [3.05, 3.63) is 47.9 Å². The van der Waals surface area contributed by atoms with E-state index in [9.17, 15) is 4.79 Å². The number of aromatic amines is 1. The van der Waals surface area contributed by atoms with Gasteiger partial charge in [-0.3, -0.25) is 4.79 Å². The van der Waals surface area contributed by atoms with Gasteiger partial charge in [0.05, 0.1) is 16.8 Å². The summed E-state index contributed by atoms with van der Waals surface area (Å²) in [5.74, 6) is 0.454. The highest BCUT2D eigenvalue weighted by molar-refractivity contribution is 6.06. The van der Waals surface area contributed by atoms with Crippen LogP contribution in [-0.4, -0.2) is 39.0 Å². The van der Waals surface area contributed by atoms with Crippen molar-refractivity contribution in [2.75, 3.05) is 10.2 Å². The Labute approximate surface area is 167 Å². The average Bonchev–Trinajstić information content (AvgIpc) is 3.31. The molecule has 0 unspecified atom stereocenters. The second-order valence-electron chi connectivity index (χ2n) is 7.77. The van der Waals surface area contributed by atoms with E-state index in [-0.39, 0.29) is 6.04 Å². The first-order valence-electron chi connectivity index (χ1n) is 9.81. The average molecular weight is 387 g/mol. The van der Waals surface area contributed by atoms with E-state index in [1.54, 1.807) is 6.20 Å². The molecule has 4 N–H and O–H groups in total. The number of hydrogen-bond donors (Lipinski definition) is 3. The fraction of sp³-hybridized carbons (Fsp3) is 0.333. The van der Waals surface area contributed by atoms with E-state index in [1.807, 2.05) is 24.4 Å². The number of nitriles is 1. The molecule has 8 nitrogen and oxygen atoms in total. The van der Waals surface area contributed by atoms with Gasteiger partial charge in [0.1, 0.15) is 17.5 Å². The number of aromatic nitrogens is 3. The van der Waals surface area contributed by atoms with Gasteiger partial charge in [0.25, 0.3) is 5.91 Å². The normalized spacial score (nSPS) is 23.1. The number of piperidine rings is 1. The smallest absolute Gasteiger partial charge is 0.252 e. The van der Waals surface area contributed by atoms with E-state index in [0.717, 1.165) is 48.2 Å². The highest BCUT2D eigenvalue weighted by Crippen LogP contribution is 2.40. The third kappa shape index (κ3) is 2.95. The summed E-state index contributed by atoms with van der Waals surface area (Å²) in [6, 6.07) is 8.80. The number of pyridine rings is 2. The maximum atomic E-state index is 12.0. The highest BCUT2D eigenvalue weighted by atomic mass is 16.1. The lowest BCUT2D eigenvalue weighted by atomic mass is 9.96. The Morgan fingerprint density at radius 2 is 2.00 bits per heavy atom. The van der Waals surface area contributed by atoms with E-state index < -0.39 is 5.91 Å². The first-order valence-corrected chi connectivity index (χ1v) is 9.81. The van der Waals surface area contributed by atoms with Crippen molar-refractivity contribution >= 4 is 28.4 Å². The molecule has 8 heteroatoms. The van der Waals surface area contributed by atoms with Gasteiger partial charge in [-0.2, -0.15) is 5.26 Å². The highest BCUT2D eigenvalue weighted by Gasteiger charge is 2.41. The van der Waals surface area contributed by atoms with Crippen molar-refractivity contribution in [2.24, 2.45) is 5.73 Å². The number of carbonyl (C=O) groups excluding carboxylic acids is 1. The summed E-state index contributed by atoms with van der Waals surface area (Å²) in [6.07, 6.45) is 9.11. The number of hydrogen-bond acceptors (Lipinski definition) is 6. The molecule has 2 bridgehead atoms. The van der Waals surface area contributed by atoms with Gasteiger partial charge in [-0.1, -0.05) is 0 Å². The molecule has 146 valence electrons. The summed E-state index contributed by atoms with van der Waals surface area (Å²) >= 11 is 0. The molecule has 2 aliphatic heterocycles. The fourth-order valence-electron chi connectivity index (χ4n) is 4.83. The Morgan fingerprint density at radius 3 is 2.66 bits per heavy atom. The lowest BCUT2D eigenvalue weighted by Crippen LogP contribution is -2.47. The van der Waals surface area contributed by atoms with Gasteiger partial charge in [-0.15, -0.1) is 0 Å². The van der Waals surface area contributed by atoms with Crippen LogP contribution in [0.4, 0.5) is 11.5 Å². The molecule has 0 saturated carbocycles. The van der Waals surface area contributed by atoms with Crippen molar-refractivity contribution in [2.45, 2.75) is 43.8 Å². The van der Waals surface area contributed by atoms with Crippen molar-refractivity contribution in [1.82, 2.24) is 15.0 Å². The Hall–Kier alpha value is -3.60. The zero-order valence-electron chi connectivity index (χ0n) is 15.8. The number of carbonyl (C=O) groups is 1. The van der Waals surface area contributed by atoms with Crippen LogP contribution in [0.3, 0.4) is 0 Å². The molecule has 3 aromatic heterocycles. The van der Waals surface area contributed by atoms with Gasteiger partial charge >= 0.3 is 0 Å². The number of nitrogens with one attached hydrogen (secondary N) is 2. The molecule has 2 saturated heterocycles. The van der Waals surface area contributed by atoms with Crippen LogP contribution < -0.4 is 16.0 Å². The number of anilines is 2. The molecule has 2 aliphatic rings. The minimum atomic E-state index is -0.481. The fourth-order valence-corrected chi connectivity index (χ4v) is 4.83. The maximum Gasteiger partial charge on any atom is 0.252 e. The van der Waals surface area contributed by atoms with Crippen LogP contribution in [0.5, 0.6) is 0 Å². The molecule has 0 aliphatic carbocycles. The largest absolute Gasteiger partial charge is 0.381 e. The molecule has 29 heavy (non-hydrogen) atoms. The summed E-state index contributed by atoms with van der Waals surface area (Å²) < 4.78 is 0. The number of rotatable bonds is 4. The summed E-state index contributed by atoms with van der Waals surface area (Å²) in [5, 5.41) is 13.5. The molecule has 3 atom stereocenters. The van der Waals surface area contributed by atoms with Gasteiger partial charge in [-0.05, 0) is 43.9 Å². The molecular formula is C21H21N7O. The van der Waals surface area contributed by atoms with Crippen LogP contribution in [0.1, 0.15) is 41.6 Å². The zero-order valence-corrected chi connectivity index (χ0v) is 15.8. The van der Waals surface area contributed by atoms with E-state index in [0.29, 0.717) is 23.2 Å². The molecule has 0 spiro atoms. The molecule has 5 heterocycles. The van der Waals surface area contributed by atoms with Crippen molar-refractivity contribution in [3.8, 4) is 6.07 Å². The number of H-pyrrole nitrogens is 1. The van der Waals surface area contributed by atoms with Crippen LogP contribution in [0.2, 0.25) is 0 Å². The SMILES string of the molecule is N#Cc1ccc(N2[C@@H]3CC[C@H]2C[C@H](Nc2c(C(N)=O)cnc4[nH]ccc24)C3)nc1. The van der Waals surface area contributed by atoms with Gasteiger partial charge < -0.3 is 20.9 Å². The Kier molecular flexibility index (Phi) is 4.09. The zero-order chi connectivity index (χ0) is 20.0. The van der Waals surface area contributed by atoms with Crippen molar-refractivity contribution in [3.63, 3.8) is 0 Å². The molecular weight excluding hydrogens is 366 g/mol. The molecule has 3 aromatic rings. The minimum Gasteiger partial charge on any atom is -0.381 e. The Bertz CT molecular complexity index is 1100. The number of primary amides is 1. The Morgan fingerprint density at radius 1 is 1.21 bits per heavy atom. The Balaban J connectivity index is 1.40. The number of nitrogens with two attached hydrogens (primary N) is 1. The van der Waals surface area contributed by atoms with Crippen LogP contribution in [0.15, 0.2) is 36.8 Å². The molecule has 5 rings (SSSR count). The number of amides is 1. The summed E-state index contributed by atoms with van der Waals surface area (Å²) in [5.41, 5.74) is 8.09. The van der Waals surface area contributed by atoms with Gasteiger partial charge in [0, 0.05) is 42.1 Å². The van der Waals surface area contributed by atoms with Gasteiger partial charge in [0.2, 0.25) is 0 Å². The standard InChI is InChI=1S/C21H21N7O/c22-9-12-1-4-18(25-10-12)28-14-2-3-15(28)8-13(7-14)27-19-16-5-6-24-21(16)26-11-17(19)20(23)29/h1,4-6,10-11,13-15H,2-3,7-8H2,(H2,23,29)(H2,24,26,27)/t13-,14-,15+. The topological polar surface area (TPSA) is 124 Å². The third-order valence-corrected chi connectivity index (χ3v) is 6.08. The quantitative estimate of drug-likeness (QED) is 0.632. The monoisotopic (exact) mass is 387 g/mol. The molecule has 1 amide bonds. The van der Waals surface area contributed by atoms with Crippen LogP contribution >= 0.6 is 0 Å². The van der Waals surface area contributed by atoms with E-state index in [2.05, 4.69) is 31.2 Å². The number of nitrogens with zero attached hydrogens (tertiary/aromatic N) is 4. The van der Waals surface area contributed by atoms with Crippen molar-refractivity contribution in [1.29, 1.82) is 5.26 Å². The van der Waals surface area contributed by atoms with Crippen LogP contribution in [0, 0.1) is 11.3 Å². The second kappa shape index (κ2) is 6.78. The third-order valence-electron chi connectivity index (χ3n) is 6.08. The summed E-state index contributed by atoms with van der Waals surface area (Å²) in [4.78, 5) is 26.2. The van der Waals surface area contributed by atoms with Crippen LogP contribution in [0.25, 0.3) is 11.0 Å². The molecule has 0 aromatic carbocycles. The summed E-state index contributed by atoms with van der Waals surface area (Å²) in [7, 11) is 0. The molecule has 0 radical (unpaired) electrons. The van der Waals surface area contributed by atoms with E-state index in [1.165, 1.54) is 6.20 Å². The van der Waals surface area contributed by atoms with Gasteiger partial charge in [0.15, 0.2) is 0 Å². The summed E-state index contributed by atoms with van der Waals surface area (Å²) in [6.45, 7) is 0. The first-order chi connectivity index (χ1) is 14.1. The van der Waals surface area contributed by atoms with Gasteiger partial charge in [-0.25, -0.2) is 9.97 Å². The van der Waals surface area contributed by atoms with E-state index in [4.69, 9.17) is 11.0 Å². The minimum absolute atomic E-state index is 0.237. The predicted molar refractivity (Wildman–Crippen MR) is 109 cm³/mol. The maximum absolute atomic E-state index is 12.0.